The zero-order valence-corrected chi connectivity index (χ0v) is 10.4. The number of ether oxygens (including phenoxy) is 1. The van der Waals surface area contributed by atoms with E-state index in [1.54, 1.807) is 0 Å². The van der Waals surface area contributed by atoms with E-state index in [9.17, 15) is 14.9 Å². The molecule has 0 aliphatic heterocycles. The van der Waals surface area contributed by atoms with Gasteiger partial charge in [0.15, 0.2) is 0 Å². The van der Waals surface area contributed by atoms with Crippen molar-refractivity contribution < 1.29 is 14.5 Å². The fourth-order valence-electron chi connectivity index (χ4n) is 1.30. The number of esters is 1. The second-order valence-electron chi connectivity index (χ2n) is 3.02. The maximum atomic E-state index is 11.4. The van der Waals surface area contributed by atoms with Crippen molar-refractivity contribution >= 4 is 27.6 Å². The van der Waals surface area contributed by atoms with E-state index in [1.807, 2.05) is 6.07 Å². The third-order valence-corrected chi connectivity index (χ3v) is 2.68. The smallest absolute Gasteiger partial charge is 0.339 e. The normalized spacial score (nSPS) is 9.47. The lowest BCUT2D eigenvalue weighted by Gasteiger charge is -2.06. The molecule has 7 heteroatoms. The fraction of sp³-hybridized carbons (Fsp3) is 0.200. The number of carbonyl (C=O) groups is 1. The molecule has 17 heavy (non-hydrogen) atoms. The Morgan fingerprint density at radius 1 is 1.65 bits per heavy atom. The van der Waals surface area contributed by atoms with Crippen LogP contribution >= 0.6 is 15.9 Å². The maximum Gasteiger partial charge on any atom is 0.339 e. The van der Waals surface area contributed by atoms with Crippen molar-refractivity contribution in [2.24, 2.45) is 0 Å². The van der Waals surface area contributed by atoms with Crippen LogP contribution in [-0.2, 0) is 10.1 Å². The van der Waals surface area contributed by atoms with E-state index >= 15 is 0 Å². The van der Waals surface area contributed by atoms with Crippen molar-refractivity contribution in [2.45, 2.75) is 5.33 Å². The molecule has 0 radical (unpaired) electrons. The van der Waals surface area contributed by atoms with Gasteiger partial charge in [-0.1, -0.05) is 15.9 Å². The molecule has 0 aliphatic rings. The van der Waals surface area contributed by atoms with Gasteiger partial charge < -0.3 is 4.74 Å². The molecule has 0 heterocycles. The summed E-state index contributed by atoms with van der Waals surface area (Å²) in [6.07, 6.45) is 0. The molecule has 1 aromatic carbocycles. The second-order valence-corrected chi connectivity index (χ2v) is 3.58. The summed E-state index contributed by atoms with van der Waals surface area (Å²) in [6.45, 7) is 0. The lowest BCUT2D eigenvalue weighted by molar-refractivity contribution is -0.384. The quantitative estimate of drug-likeness (QED) is 0.369. The van der Waals surface area contributed by atoms with Crippen LogP contribution in [0.4, 0.5) is 5.69 Å². The Morgan fingerprint density at radius 3 is 2.71 bits per heavy atom. The molecule has 0 atom stereocenters. The van der Waals surface area contributed by atoms with Crippen molar-refractivity contribution in [1.82, 2.24) is 0 Å². The Balaban J connectivity index is 3.55. The highest BCUT2D eigenvalue weighted by atomic mass is 79.9. The molecule has 1 aromatic rings. The largest absolute Gasteiger partial charge is 0.465 e. The summed E-state index contributed by atoms with van der Waals surface area (Å²) < 4.78 is 4.49. The van der Waals surface area contributed by atoms with Crippen molar-refractivity contribution in [3.05, 3.63) is 38.9 Å². The number of methoxy groups -OCH3 is 1. The van der Waals surface area contributed by atoms with Crippen LogP contribution in [0.25, 0.3) is 0 Å². The van der Waals surface area contributed by atoms with E-state index in [4.69, 9.17) is 5.26 Å². The molecule has 0 amide bonds. The van der Waals surface area contributed by atoms with Crippen LogP contribution < -0.4 is 0 Å². The Kier molecular flexibility index (Phi) is 4.17. The monoisotopic (exact) mass is 298 g/mol. The van der Waals surface area contributed by atoms with Crippen LogP contribution in [0.3, 0.4) is 0 Å². The van der Waals surface area contributed by atoms with Gasteiger partial charge in [-0.25, -0.2) is 4.79 Å². The van der Waals surface area contributed by atoms with Gasteiger partial charge in [0.2, 0.25) is 0 Å². The van der Waals surface area contributed by atoms with E-state index in [0.29, 0.717) is 5.56 Å². The Hall–Kier alpha value is -1.94. The lowest BCUT2D eigenvalue weighted by atomic mass is 10.0. The zero-order valence-electron chi connectivity index (χ0n) is 8.77. The minimum atomic E-state index is -0.771. The summed E-state index contributed by atoms with van der Waals surface area (Å²) in [5.41, 5.74) is 0.110. The molecule has 0 unspecified atom stereocenters. The number of nitriles is 1. The van der Waals surface area contributed by atoms with Gasteiger partial charge in [-0.05, 0) is 5.56 Å². The number of alkyl halides is 1. The van der Waals surface area contributed by atoms with Gasteiger partial charge in [0.25, 0.3) is 5.69 Å². The molecule has 0 N–H and O–H groups in total. The first-order valence-electron chi connectivity index (χ1n) is 4.40. The van der Waals surface area contributed by atoms with Gasteiger partial charge in [-0.3, -0.25) is 10.1 Å². The van der Waals surface area contributed by atoms with Crippen molar-refractivity contribution in [1.29, 1.82) is 5.26 Å². The van der Waals surface area contributed by atoms with E-state index in [0.717, 1.165) is 13.2 Å². The Bertz CT molecular complexity index is 522. The summed E-state index contributed by atoms with van der Waals surface area (Å²) in [5, 5.41) is 19.9. The Labute approximate surface area is 105 Å². The third-order valence-electron chi connectivity index (χ3n) is 2.08. The van der Waals surface area contributed by atoms with E-state index < -0.39 is 10.9 Å². The number of benzene rings is 1. The molecular formula is C10H7BrN2O4. The molecule has 1 rings (SSSR count). The highest BCUT2D eigenvalue weighted by Gasteiger charge is 2.20. The molecular weight excluding hydrogens is 292 g/mol. The van der Waals surface area contributed by atoms with Crippen LogP contribution in [0.5, 0.6) is 0 Å². The van der Waals surface area contributed by atoms with E-state index in [2.05, 4.69) is 20.7 Å². The minimum Gasteiger partial charge on any atom is -0.465 e. The van der Waals surface area contributed by atoms with Crippen LogP contribution in [0, 0.1) is 21.4 Å². The van der Waals surface area contributed by atoms with Gasteiger partial charge in [0, 0.05) is 17.5 Å². The van der Waals surface area contributed by atoms with E-state index in [-0.39, 0.29) is 22.1 Å². The summed E-state index contributed by atoms with van der Waals surface area (Å²) in [5.74, 6) is -0.771. The number of nitro groups is 1. The first-order chi connectivity index (χ1) is 8.04. The van der Waals surface area contributed by atoms with Gasteiger partial charge >= 0.3 is 5.97 Å². The first-order valence-corrected chi connectivity index (χ1v) is 5.53. The third kappa shape index (κ3) is 2.60. The van der Waals surface area contributed by atoms with Gasteiger partial charge in [-0.15, -0.1) is 0 Å². The maximum absolute atomic E-state index is 11.4. The van der Waals surface area contributed by atoms with Crippen molar-refractivity contribution in [2.75, 3.05) is 7.11 Å². The minimum absolute atomic E-state index is 0.0827. The molecule has 0 bridgehead atoms. The van der Waals surface area contributed by atoms with Crippen LogP contribution in [0.2, 0.25) is 0 Å². The topological polar surface area (TPSA) is 93.2 Å². The molecule has 0 saturated carbocycles. The standard InChI is InChI=1S/C10H7BrN2O4/c1-17-10(14)8-3-7(13(15)16)2-6(4-11)9(8)5-12/h2-3H,4H2,1H3. The molecule has 88 valence electrons. The number of carbonyl (C=O) groups excluding carboxylic acids is 1. The molecule has 6 nitrogen and oxygen atoms in total. The predicted octanol–water partition coefficient (Wildman–Crippen LogP) is 2.15. The van der Waals surface area contributed by atoms with Crippen molar-refractivity contribution in [3.63, 3.8) is 0 Å². The van der Waals surface area contributed by atoms with Crippen LogP contribution in [-0.4, -0.2) is 18.0 Å². The number of hydrogen-bond donors (Lipinski definition) is 0. The SMILES string of the molecule is COC(=O)c1cc([N+](=O)[O-])cc(CBr)c1C#N. The number of halogens is 1. The van der Waals surface area contributed by atoms with E-state index in [1.165, 1.54) is 6.07 Å². The molecule has 0 aromatic heterocycles. The first kappa shape index (κ1) is 13.1. The van der Waals surface area contributed by atoms with Gasteiger partial charge in [0.1, 0.15) is 6.07 Å². The molecule has 0 fully saturated rings. The van der Waals surface area contributed by atoms with Crippen LogP contribution in [0.15, 0.2) is 12.1 Å². The average molecular weight is 299 g/mol. The Morgan fingerprint density at radius 2 is 2.29 bits per heavy atom. The number of non-ortho nitro benzene ring substituents is 1. The summed E-state index contributed by atoms with van der Waals surface area (Å²) in [4.78, 5) is 21.5. The fourth-order valence-corrected chi connectivity index (χ4v) is 1.74. The summed E-state index contributed by atoms with van der Waals surface area (Å²) in [6, 6.07) is 4.13. The number of rotatable bonds is 3. The summed E-state index contributed by atoms with van der Waals surface area (Å²) >= 11 is 3.11. The van der Waals surface area contributed by atoms with Gasteiger partial charge in [-0.2, -0.15) is 5.26 Å². The second kappa shape index (κ2) is 5.41. The zero-order chi connectivity index (χ0) is 13.0. The molecule has 0 spiro atoms. The summed E-state index contributed by atoms with van der Waals surface area (Å²) in [7, 11) is 1.15. The number of nitrogens with zero attached hydrogens (tertiary/aromatic N) is 2. The van der Waals surface area contributed by atoms with Gasteiger partial charge in [0.05, 0.1) is 23.2 Å². The highest BCUT2D eigenvalue weighted by molar-refractivity contribution is 9.08. The predicted molar refractivity (Wildman–Crippen MR) is 61.8 cm³/mol. The van der Waals surface area contributed by atoms with Crippen LogP contribution in [0.1, 0.15) is 21.5 Å². The highest BCUT2D eigenvalue weighted by Crippen LogP contribution is 2.24. The lowest BCUT2D eigenvalue weighted by Crippen LogP contribution is -2.07. The molecule has 0 saturated heterocycles. The van der Waals surface area contributed by atoms with Crippen molar-refractivity contribution in [3.8, 4) is 6.07 Å². The number of nitro benzene ring substituents is 1. The number of hydrogen-bond acceptors (Lipinski definition) is 5. The molecule has 0 aliphatic carbocycles. The average Bonchev–Trinajstić information content (AvgIpc) is 2.35.